The van der Waals surface area contributed by atoms with Crippen LogP contribution in [0.3, 0.4) is 0 Å². The second kappa shape index (κ2) is 9.45. The third kappa shape index (κ3) is 6.05. The Bertz CT molecular complexity index is 929. The van der Waals surface area contributed by atoms with Crippen LogP contribution in [0.25, 0.3) is 0 Å². The summed E-state index contributed by atoms with van der Waals surface area (Å²) in [5.41, 5.74) is 3.63. The fraction of sp³-hybridized carbons (Fsp3) is 0.238. The van der Waals surface area contributed by atoms with E-state index in [0.29, 0.717) is 5.82 Å². The zero-order valence-corrected chi connectivity index (χ0v) is 16.1. The highest BCUT2D eigenvalue weighted by Gasteiger charge is 2.07. The molecule has 144 valence electrons. The van der Waals surface area contributed by atoms with Crippen molar-refractivity contribution in [1.29, 1.82) is 0 Å². The number of aryl methyl sites for hydroxylation is 3. The molecule has 2 aromatic heterocycles. The first-order valence-corrected chi connectivity index (χ1v) is 9.22. The molecule has 7 nitrogen and oxygen atoms in total. The van der Waals surface area contributed by atoms with Gasteiger partial charge in [-0.05, 0) is 56.5 Å². The Labute approximate surface area is 164 Å². The Balaban J connectivity index is 1.53. The Morgan fingerprint density at radius 1 is 1.00 bits per heavy atom. The normalized spacial score (nSPS) is 10.4. The molecule has 3 N–H and O–H groups in total. The van der Waals surface area contributed by atoms with E-state index in [1.807, 2.05) is 62.4 Å². The van der Waals surface area contributed by atoms with E-state index < -0.39 is 0 Å². The largest absolute Gasteiger partial charge is 0.370 e. The fourth-order valence-corrected chi connectivity index (χ4v) is 2.73. The van der Waals surface area contributed by atoms with Gasteiger partial charge in [-0.3, -0.25) is 10.3 Å². The van der Waals surface area contributed by atoms with E-state index in [1.165, 1.54) is 0 Å². The minimum absolute atomic E-state index is 0.261. The minimum Gasteiger partial charge on any atom is -0.370 e. The highest BCUT2D eigenvalue weighted by Crippen LogP contribution is 2.12. The lowest BCUT2D eigenvalue weighted by Crippen LogP contribution is -2.21. The van der Waals surface area contributed by atoms with Crippen LogP contribution in [0.5, 0.6) is 0 Å². The molecule has 28 heavy (non-hydrogen) atoms. The SMILES string of the molecule is Cc1cccc(NC(=O)Nc2nc(C)cc(NCCCc3ccccn3)n2)c1. The predicted octanol–water partition coefficient (Wildman–Crippen LogP) is 4.18. The first-order chi connectivity index (χ1) is 13.6. The summed E-state index contributed by atoms with van der Waals surface area (Å²) in [4.78, 5) is 25.2. The molecular weight excluding hydrogens is 352 g/mol. The molecule has 0 saturated carbocycles. The fourth-order valence-electron chi connectivity index (χ4n) is 2.73. The summed E-state index contributed by atoms with van der Waals surface area (Å²) < 4.78 is 0. The summed E-state index contributed by atoms with van der Waals surface area (Å²) in [6.45, 7) is 4.59. The molecule has 2 heterocycles. The van der Waals surface area contributed by atoms with Crippen molar-refractivity contribution < 1.29 is 4.79 Å². The first kappa shape index (κ1) is 19.3. The van der Waals surface area contributed by atoms with E-state index in [1.54, 1.807) is 6.20 Å². The molecule has 0 spiro atoms. The quantitative estimate of drug-likeness (QED) is 0.538. The standard InChI is InChI=1S/C21H24N6O/c1-15-7-5-9-18(13-15)25-21(28)27-20-24-16(2)14-19(26-20)23-12-6-10-17-8-3-4-11-22-17/h3-5,7-9,11,13-14H,6,10,12H2,1-2H3,(H3,23,24,25,26,27,28). The number of aromatic nitrogens is 3. The number of hydrogen-bond donors (Lipinski definition) is 3. The van der Waals surface area contributed by atoms with Gasteiger partial charge in [0.1, 0.15) is 5.82 Å². The van der Waals surface area contributed by atoms with Crippen molar-refractivity contribution in [2.75, 3.05) is 22.5 Å². The maximum Gasteiger partial charge on any atom is 0.326 e. The second-order valence-electron chi connectivity index (χ2n) is 6.52. The maximum absolute atomic E-state index is 12.2. The summed E-state index contributed by atoms with van der Waals surface area (Å²) in [6.07, 6.45) is 3.62. The van der Waals surface area contributed by atoms with Gasteiger partial charge in [0.15, 0.2) is 0 Å². The van der Waals surface area contributed by atoms with Crippen LogP contribution in [0, 0.1) is 13.8 Å². The predicted molar refractivity (Wildman–Crippen MR) is 112 cm³/mol. The van der Waals surface area contributed by atoms with Crippen molar-refractivity contribution in [2.24, 2.45) is 0 Å². The number of urea groups is 1. The molecule has 3 rings (SSSR count). The topological polar surface area (TPSA) is 91.8 Å². The van der Waals surface area contributed by atoms with Crippen LogP contribution in [0.2, 0.25) is 0 Å². The number of pyridine rings is 1. The number of amides is 2. The lowest BCUT2D eigenvalue weighted by atomic mass is 10.2. The number of carbonyl (C=O) groups is 1. The summed E-state index contributed by atoms with van der Waals surface area (Å²) in [5, 5.41) is 8.74. The molecule has 7 heteroatoms. The molecule has 0 saturated heterocycles. The molecule has 3 aromatic rings. The number of rotatable bonds is 7. The molecule has 0 aliphatic heterocycles. The maximum atomic E-state index is 12.2. The van der Waals surface area contributed by atoms with Crippen LogP contribution in [-0.4, -0.2) is 27.5 Å². The van der Waals surface area contributed by atoms with Crippen molar-refractivity contribution >= 4 is 23.5 Å². The van der Waals surface area contributed by atoms with E-state index in [4.69, 9.17) is 0 Å². The summed E-state index contributed by atoms with van der Waals surface area (Å²) in [7, 11) is 0. The number of hydrogen-bond acceptors (Lipinski definition) is 5. The smallest absolute Gasteiger partial charge is 0.326 e. The van der Waals surface area contributed by atoms with Crippen LogP contribution < -0.4 is 16.0 Å². The van der Waals surface area contributed by atoms with Crippen LogP contribution in [0.15, 0.2) is 54.7 Å². The van der Waals surface area contributed by atoms with E-state index in [0.717, 1.165) is 42.0 Å². The van der Waals surface area contributed by atoms with Gasteiger partial charge in [0.05, 0.1) is 0 Å². The third-order valence-corrected chi connectivity index (χ3v) is 4.00. The van der Waals surface area contributed by atoms with Gasteiger partial charge in [0, 0.05) is 35.9 Å². The van der Waals surface area contributed by atoms with Gasteiger partial charge in [-0.15, -0.1) is 0 Å². The summed E-state index contributed by atoms with van der Waals surface area (Å²) in [6, 6.07) is 15.0. The monoisotopic (exact) mass is 376 g/mol. The Morgan fingerprint density at radius 3 is 2.68 bits per heavy atom. The Hall–Kier alpha value is -3.48. The average Bonchev–Trinajstić information content (AvgIpc) is 2.65. The van der Waals surface area contributed by atoms with Crippen LogP contribution in [0.4, 0.5) is 22.2 Å². The first-order valence-electron chi connectivity index (χ1n) is 9.22. The highest BCUT2D eigenvalue weighted by molar-refractivity contribution is 5.98. The lowest BCUT2D eigenvalue weighted by Gasteiger charge is -2.10. The van der Waals surface area contributed by atoms with Gasteiger partial charge >= 0.3 is 6.03 Å². The molecule has 0 bridgehead atoms. The molecule has 1 aromatic carbocycles. The Morgan fingerprint density at radius 2 is 1.89 bits per heavy atom. The van der Waals surface area contributed by atoms with Gasteiger partial charge < -0.3 is 10.6 Å². The second-order valence-corrected chi connectivity index (χ2v) is 6.52. The van der Waals surface area contributed by atoms with Gasteiger partial charge in [-0.1, -0.05) is 18.2 Å². The number of nitrogens with one attached hydrogen (secondary N) is 3. The zero-order chi connectivity index (χ0) is 19.8. The molecular formula is C21H24N6O. The number of anilines is 3. The average molecular weight is 376 g/mol. The molecule has 2 amide bonds. The van der Waals surface area contributed by atoms with Crippen molar-refractivity contribution in [3.8, 4) is 0 Å². The number of nitrogens with zero attached hydrogens (tertiary/aromatic N) is 3. The lowest BCUT2D eigenvalue weighted by molar-refractivity contribution is 0.262. The molecule has 0 radical (unpaired) electrons. The highest BCUT2D eigenvalue weighted by atomic mass is 16.2. The zero-order valence-electron chi connectivity index (χ0n) is 16.1. The van der Waals surface area contributed by atoms with Gasteiger partial charge in [0.25, 0.3) is 0 Å². The number of benzene rings is 1. The van der Waals surface area contributed by atoms with E-state index in [2.05, 4.69) is 30.9 Å². The molecule has 0 atom stereocenters. The molecule has 0 unspecified atom stereocenters. The number of carbonyl (C=O) groups excluding carboxylic acids is 1. The molecule has 0 aliphatic rings. The van der Waals surface area contributed by atoms with Crippen molar-refractivity contribution in [2.45, 2.75) is 26.7 Å². The summed E-state index contributed by atoms with van der Waals surface area (Å²) >= 11 is 0. The van der Waals surface area contributed by atoms with E-state index >= 15 is 0 Å². The molecule has 0 aliphatic carbocycles. The van der Waals surface area contributed by atoms with Gasteiger partial charge in [-0.25, -0.2) is 9.78 Å². The van der Waals surface area contributed by atoms with Crippen molar-refractivity contribution in [1.82, 2.24) is 15.0 Å². The van der Waals surface area contributed by atoms with Crippen molar-refractivity contribution in [3.63, 3.8) is 0 Å². The summed E-state index contributed by atoms with van der Waals surface area (Å²) in [5.74, 6) is 0.941. The molecule has 0 fully saturated rings. The Kier molecular flexibility index (Phi) is 6.51. The van der Waals surface area contributed by atoms with Crippen LogP contribution >= 0.6 is 0 Å². The van der Waals surface area contributed by atoms with E-state index in [9.17, 15) is 4.79 Å². The van der Waals surface area contributed by atoms with Crippen molar-refractivity contribution in [3.05, 3.63) is 71.7 Å². The van der Waals surface area contributed by atoms with Gasteiger partial charge in [-0.2, -0.15) is 4.98 Å². The van der Waals surface area contributed by atoms with Gasteiger partial charge in [0.2, 0.25) is 5.95 Å². The van der Waals surface area contributed by atoms with E-state index in [-0.39, 0.29) is 12.0 Å². The van der Waals surface area contributed by atoms with Crippen LogP contribution in [-0.2, 0) is 6.42 Å². The minimum atomic E-state index is -0.377. The third-order valence-electron chi connectivity index (χ3n) is 4.00. The van der Waals surface area contributed by atoms with Crippen LogP contribution in [0.1, 0.15) is 23.4 Å².